The van der Waals surface area contributed by atoms with Crippen molar-refractivity contribution < 1.29 is 4.79 Å². The van der Waals surface area contributed by atoms with E-state index in [0.717, 1.165) is 0 Å². The average molecular weight is 115 g/mol. The van der Waals surface area contributed by atoms with Crippen molar-refractivity contribution in [2.45, 2.75) is 6.92 Å². The van der Waals surface area contributed by atoms with Crippen molar-refractivity contribution in [3.05, 3.63) is 0 Å². The van der Waals surface area contributed by atoms with Crippen molar-refractivity contribution in [2.75, 3.05) is 6.54 Å². The van der Waals surface area contributed by atoms with E-state index in [0.29, 0.717) is 6.54 Å². The molecule has 8 heavy (non-hydrogen) atoms. The predicted octanol–water partition coefficient (Wildman–Crippen LogP) is -0.933. The van der Waals surface area contributed by atoms with Crippen molar-refractivity contribution in [1.29, 1.82) is 0 Å². The highest BCUT2D eigenvalue weighted by Gasteiger charge is 1.79. The second-order valence-corrected chi connectivity index (χ2v) is 1.22. The molecule has 0 radical (unpaired) electrons. The third-order valence-corrected chi connectivity index (χ3v) is 0.419. The lowest BCUT2D eigenvalue weighted by Crippen LogP contribution is -2.13. The SMILES string of the molecule is CC(=O)NN=CCN. The molecule has 0 rings (SSSR count). The zero-order chi connectivity index (χ0) is 6.41. The van der Waals surface area contributed by atoms with Crippen LogP contribution in [0.3, 0.4) is 0 Å². The van der Waals surface area contributed by atoms with Gasteiger partial charge in [0.2, 0.25) is 5.91 Å². The van der Waals surface area contributed by atoms with E-state index in [1.165, 1.54) is 13.1 Å². The number of hydrogen-bond donors (Lipinski definition) is 2. The highest BCUT2D eigenvalue weighted by atomic mass is 16.2. The van der Waals surface area contributed by atoms with E-state index in [2.05, 4.69) is 10.5 Å². The molecule has 0 spiro atoms. The number of carbonyl (C=O) groups excluding carboxylic acids is 1. The largest absolute Gasteiger partial charge is 0.326 e. The Morgan fingerprint density at radius 1 is 2.00 bits per heavy atom. The first-order chi connectivity index (χ1) is 3.77. The zero-order valence-corrected chi connectivity index (χ0v) is 4.72. The van der Waals surface area contributed by atoms with Crippen LogP contribution in [-0.4, -0.2) is 18.7 Å². The molecule has 0 aliphatic heterocycles. The Morgan fingerprint density at radius 3 is 3.00 bits per heavy atom. The summed E-state index contributed by atoms with van der Waals surface area (Å²) in [5.41, 5.74) is 7.21. The molecule has 0 atom stereocenters. The van der Waals surface area contributed by atoms with Crippen LogP contribution in [0.4, 0.5) is 0 Å². The molecule has 0 aliphatic carbocycles. The van der Waals surface area contributed by atoms with Gasteiger partial charge in [-0.2, -0.15) is 5.10 Å². The summed E-state index contributed by atoms with van der Waals surface area (Å²) < 4.78 is 0. The summed E-state index contributed by atoms with van der Waals surface area (Å²) in [7, 11) is 0. The Balaban J connectivity index is 3.16. The first-order valence-electron chi connectivity index (χ1n) is 2.25. The van der Waals surface area contributed by atoms with E-state index in [4.69, 9.17) is 5.73 Å². The minimum absolute atomic E-state index is 0.185. The maximum atomic E-state index is 10.1. The van der Waals surface area contributed by atoms with Crippen LogP contribution in [0.15, 0.2) is 5.10 Å². The van der Waals surface area contributed by atoms with Crippen molar-refractivity contribution in [1.82, 2.24) is 5.43 Å². The van der Waals surface area contributed by atoms with Gasteiger partial charge in [-0.25, -0.2) is 5.43 Å². The molecular weight excluding hydrogens is 106 g/mol. The molecule has 0 aromatic rings. The molecule has 0 aromatic carbocycles. The fraction of sp³-hybridized carbons (Fsp3) is 0.500. The quantitative estimate of drug-likeness (QED) is 0.360. The maximum absolute atomic E-state index is 10.1. The number of hydrogen-bond acceptors (Lipinski definition) is 3. The number of nitrogens with zero attached hydrogens (tertiary/aromatic N) is 1. The maximum Gasteiger partial charge on any atom is 0.236 e. The molecule has 4 nitrogen and oxygen atoms in total. The zero-order valence-electron chi connectivity index (χ0n) is 4.72. The first-order valence-corrected chi connectivity index (χ1v) is 2.25. The number of carbonyl (C=O) groups is 1. The van der Waals surface area contributed by atoms with Crippen LogP contribution in [-0.2, 0) is 4.79 Å². The third-order valence-electron chi connectivity index (χ3n) is 0.419. The van der Waals surface area contributed by atoms with Gasteiger partial charge in [0.25, 0.3) is 0 Å². The number of hydrazone groups is 1. The Hall–Kier alpha value is -0.900. The van der Waals surface area contributed by atoms with Gasteiger partial charge in [-0.1, -0.05) is 0 Å². The highest BCUT2D eigenvalue weighted by molar-refractivity contribution is 5.74. The van der Waals surface area contributed by atoms with E-state index in [9.17, 15) is 4.79 Å². The summed E-state index contributed by atoms with van der Waals surface area (Å²) in [5.74, 6) is -0.185. The number of nitrogens with two attached hydrogens (primary N) is 1. The molecule has 0 bridgehead atoms. The van der Waals surface area contributed by atoms with Crippen molar-refractivity contribution in [2.24, 2.45) is 10.8 Å². The molecule has 3 N–H and O–H groups in total. The van der Waals surface area contributed by atoms with Gasteiger partial charge >= 0.3 is 0 Å². The second kappa shape index (κ2) is 4.26. The molecule has 0 heterocycles. The fourth-order valence-electron chi connectivity index (χ4n) is 0.189. The van der Waals surface area contributed by atoms with Crippen LogP contribution in [0.25, 0.3) is 0 Å². The molecule has 4 heteroatoms. The van der Waals surface area contributed by atoms with Gasteiger partial charge < -0.3 is 5.73 Å². The monoisotopic (exact) mass is 115 g/mol. The summed E-state index contributed by atoms with van der Waals surface area (Å²) in [6, 6.07) is 0. The smallest absolute Gasteiger partial charge is 0.236 e. The summed E-state index contributed by atoms with van der Waals surface area (Å²) in [6.07, 6.45) is 1.42. The van der Waals surface area contributed by atoms with E-state index in [1.54, 1.807) is 0 Å². The summed E-state index contributed by atoms with van der Waals surface area (Å²) in [4.78, 5) is 10.1. The van der Waals surface area contributed by atoms with Crippen LogP contribution in [0.1, 0.15) is 6.92 Å². The highest BCUT2D eigenvalue weighted by Crippen LogP contribution is 1.56. The van der Waals surface area contributed by atoms with Gasteiger partial charge in [0.05, 0.1) is 0 Å². The van der Waals surface area contributed by atoms with Crippen molar-refractivity contribution in [3.63, 3.8) is 0 Å². The van der Waals surface area contributed by atoms with Crippen LogP contribution >= 0.6 is 0 Å². The van der Waals surface area contributed by atoms with Gasteiger partial charge in [0.1, 0.15) is 0 Å². The molecule has 0 saturated carbocycles. The molecule has 0 aromatic heterocycles. The fourth-order valence-corrected chi connectivity index (χ4v) is 0.189. The average Bonchev–Trinajstić information content (AvgIpc) is 1.66. The van der Waals surface area contributed by atoms with Crippen LogP contribution in [0, 0.1) is 0 Å². The molecule has 0 unspecified atom stereocenters. The minimum Gasteiger partial charge on any atom is -0.326 e. The summed E-state index contributed by atoms with van der Waals surface area (Å²) >= 11 is 0. The van der Waals surface area contributed by atoms with Gasteiger partial charge in [0.15, 0.2) is 0 Å². The Labute approximate surface area is 47.8 Å². The molecule has 0 saturated heterocycles. The van der Waals surface area contributed by atoms with Crippen LogP contribution in [0.5, 0.6) is 0 Å². The summed E-state index contributed by atoms with van der Waals surface area (Å²) in [5, 5.41) is 3.44. The van der Waals surface area contributed by atoms with Crippen molar-refractivity contribution in [3.8, 4) is 0 Å². The van der Waals surface area contributed by atoms with Crippen LogP contribution < -0.4 is 11.2 Å². The lowest BCUT2D eigenvalue weighted by Gasteiger charge is -1.86. The standard InChI is InChI=1S/C4H9N3O/c1-4(8)7-6-3-2-5/h3H,2,5H2,1H3,(H,7,8). The Bertz CT molecular complexity index is 99.5. The lowest BCUT2D eigenvalue weighted by atomic mass is 10.7. The van der Waals surface area contributed by atoms with E-state index in [-0.39, 0.29) is 5.91 Å². The predicted molar refractivity (Wildman–Crippen MR) is 31.4 cm³/mol. The lowest BCUT2D eigenvalue weighted by molar-refractivity contribution is -0.118. The van der Waals surface area contributed by atoms with E-state index >= 15 is 0 Å². The molecule has 1 amide bonds. The molecule has 0 fully saturated rings. The van der Waals surface area contributed by atoms with Crippen molar-refractivity contribution >= 4 is 12.1 Å². The second-order valence-electron chi connectivity index (χ2n) is 1.22. The van der Waals surface area contributed by atoms with E-state index < -0.39 is 0 Å². The molecular formula is C4H9N3O. The Kier molecular flexibility index (Phi) is 3.78. The number of amides is 1. The van der Waals surface area contributed by atoms with Gasteiger partial charge in [-0.15, -0.1) is 0 Å². The van der Waals surface area contributed by atoms with Crippen LogP contribution in [0.2, 0.25) is 0 Å². The number of nitrogens with one attached hydrogen (secondary N) is 1. The molecule has 0 aliphatic rings. The minimum atomic E-state index is -0.185. The normalized spacial score (nSPS) is 9.75. The summed E-state index contributed by atoms with van der Waals surface area (Å²) in [6.45, 7) is 1.73. The Morgan fingerprint density at radius 2 is 2.62 bits per heavy atom. The molecule has 46 valence electrons. The van der Waals surface area contributed by atoms with E-state index in [1.807, 2.05) is 0 Å². The van der Waals surface area contributed by atoms with Gasteiger partial charge in [-0.05, 0) is 0 Å². The number of rotatable bonds is 2. The first kappa shape index (κ1) is 7.10. The van der Waals surface area contributed by atoms with Gasteiger partial charge in [-0.3, -0.25) is 4.79 Å². The third kappa shape index (κ3) is 5.10. The van der Waals surface area contributed by atoms with Gasteiger partial charge in [0, 0.05) is 19.7 Å². The topological polar surface area (TPSA) is 67.5 Å².